The Kier molecular flexibility index (Phi) is 5.32. The van der Waals surface area contributed by atoms with Gasteiger partial charge in [0, 0.05) is 57.7 Å². The summed E-state index contributed by atoms with van der Waals surface area (Å²) in [5.41, 5.74) is 2.81. The van der Waals surface area contributed by atoms with Crippen molar-refractivity contribution < 1.29 is 0 Å². The third-order valence-electron chi connectivity index (χ3n) is 4.31. The van der Waals surface area contributed by atoms with E-state index in [1.54, 1.807) is 16.8 Å². The molecule has 0 radical (unpaired) electrons. The molecule has 7 heteroatoms. The van der Waals surface area contributed by atoms with Gasteiger partial charge in [-0.05, 0) is 19.9 Å². The number of piperazine rings is 1. The Labute approximate surface area is 142 Å². The van der Waals surface area contributed by atoms with Gasteiger partial charge in [-0.2, -0.15) is 5.10 Å². The highest BCUT2D eigenvalue weighted by atomic mass is 16.1. The van der Waals surface area contributed by atoms with Crippen LogP contribution in [0.25, 0.3) is 0 Å². The van der Waals surface area contributed by atoms with Crippen LogP contribution in [0.1, 0.15) is 17.1 Å². The predicted octanol–water partition coefficient (Wildman–Crippen LogP) is 0.468. The Morgan fingerprint density at radius 1 is 0.917 bits per heavy atom. The van der Waals surface area contributed by atoms with Gasteiger partial charge in [0.25, 0.3) is 5.56 Å². The topological polar surface area (TPSA) is 67.2 Å². The number of hydrogen-bond donors (Lipinski definition) is 0. The Bertz CT molecular complexity index is 719. The number of hydrogen-bond acceptors (Lipinski definition) is 6. The average Bonchev–Trinajstić information content (AvgIpc) is 2.59. The maximum Gasteiger partial charge on any atom is 0.266 e. The molecule has 1 fully saturated rings. The molecule has 0 unspecified atom stereocenters. The van der Waals surface area contributed by atoms with Crippen LogP contribution >= 0.6 is 0 Å². The maximum absolute atomic E-state index is 11.8. The van der Waals surface area contributed by atoms with Gasteiger partial charge in [-0.1, -0.05) is 0 Å². The molecule has 128 valence electrons. The molecular formula is C17H24N6O. The van der Waals surface area contributed by atoms with Crippen LogP contribution in [0.5, 0.6) is 0 Å². The van der Waals surface area contributed by atoms with Crippen molar-refractivity contribution in [3.63, 3.8) is 0 Å². The minimum absolute atomic E-state index is 0.0304. The molecule has 2 aromatic heterocycles. The summed E-state index contributed by atoms with van der Waals surface area (Å²) < 4.78 is 1.56. The Hall–Kier alpha value is -2.12. The zero-order valence-corrected chi connectivity index (χ0v) is 14.4. The van der Waals surface area contributed by atoms with Crippen molar-refractivity contribution in [1.82, 2.24) is 29.5 Å². The van der Waals surface area contributed by atoms with E-state index < -0.39 is 0 Å². The second-order valence-electron chi connectivity index (χ2n) is 6.30. The van der Waals surface area contributed by atoms with Gasteiger partial charge in [-0.15, -0.1) is 0 Å². The zero-order chi connectivity index (χ0) is 16.9. The lowest BCUT2D eigenvalue weighted by Crippen LogP contribution is -2.47. The molecule has 1 saturated heterocycles. The van der Waals surface area contributed by atoms with Gasteiger partial charge in [0.05, 0.1) is 23.6 Å². The largest absolute Gasteiger partial charge is 0.299 e. The monoisotopic (exact) mass is 328 g/mol. The van der Waals surface area contributed by atoms with Crippen molar-refractivity contribution in [1.29, 1.82) is 0 Å². The summed E-state index contributed by atoms with van der Waals surface area (Å²) >= 11 is 0. The first-order chi connectivity index (χ1) is 11.6. The number of nitrogens with zero attached hydrogens (tertiary/aromatic N) is 6. The smallest absolute Gasteiger partial charge is 0.266 e. The zero-order valence-electron chi connectivity index (χ0n) is 14.4. The van der Waals surface area contributed by atoms with E-state index in [-0.39, 0.29) is 5.56 Å². The molecule has 0 N–H and O–H groups in total. The summed E-state index contributed by atoms with van der Waals surface area (Å²) in [4.78, 5) is 25.3. The highest BCUT2D eigenvalue weighted by Gasteiger charge is 2.17. The molecule has 1 aliphatic rings. The molecule has 0 saturated carbocycles. The quantitative estimate of drug-likeness (QED) is 0.795. The summed E-state index contributed by atoms with van der Waals surface area (Å²) in [6.07, 6.45) is 3.68. The maximum atomic E-state index is 11.8. The van der Waals surface area contributed by atoms with E-state index in [0.717, 1.165) is 56.4 Å². The fourth-order valence-electron chi connectivity index (χ4n) is 2.85. The minimum atomic E-state index is -0.0304. The predicted molar refractivity (Wildman–Crippen MR) is 91.7 cm³/mol. The summed E-state index contributed by atoms with van der Waals surface area (Å²) in [6, 6.07) is 3.34. The highest BCUT2D eigenvalue weighted by Crippen LogP contribution is 2.06. The van der Waals surface area contributed by atoms with Crippen LogP contribution in [0.3, 0.4) is 0 Å². The molecule has 2 aromatic rings. The van der Waals surface area contributed by atoms with Crippen LogP contribution < -0.4 is 5.56 Å². The van der Waals surface area contributed by atoms with Crippen molar-refractivity contribution in [2.75, 3.05) is 32.7 Å². The first-order valence-electron chi connectivity index (χ1n) is 8.37. The molecule has 3 heterocycles. The number of rotatable bonds is 5. The van der Waals surface area contributed by atoms with Crippen molar-refractivity contribution in [2.45, 2.75) is 26.9 Å². The summed E-state index contributed by atoms with van der Waals surface area (Å²) in [5, 5.41) is 4.29. The SMILES string of the molecule is Cc1cnc(CN2CCN(CCn3nc(C)ccc3=O)CC2)cn1. The molecule has 0 spiro atoms. The van der Waals surface area contributed by atoms with Crippen molar-refractivity contribution in [3.05, 3.63) is 52.0 Å². The van der Waals surface area contributed by atoms with Crippen LogP contribution in [0.2, 0.25) is 0 Å². The third-order valence-corrected chi connectivity index (χ3v) is 4.31. The van der Waals surface area contributed by atoms with Crippen LogP contribution in [0.15, 0.2) is 29.3 Å². The van der Waals surface area contributed by atoms with Crippen molar-refractivity contribution in [3.8, 4) is 0 Å². The van der Waals surface area contributed by atoms with E-state index in [0.29, 0.717) is 6.54 Å². The molecule has 0 bridgehead atoms. The van der Waals surface area contributed by atoms with Crippen molar-refractivity contribution in [2.24, 2.45) is 0 Å². The van der Waals surface area contributed by atoms with E-state index in [2.05, 4.69) is 24.9 Å². The summed E-state index contributed by atoms with van der Waals surface area (Å²) in [5.74, 6) is 0. The Balaban J connectivity index is 1.46. The third kappa shape index (κ3) is 4.46. The molecular weight excluding hydrogens is 304 g/mol. The first kappa shape index (κ1) is 16.7. The molecule has 0 atom stereocenters. The lowest BCUT2D eigenvalue weighted by molar-refractivity contribution is 0.121. The highest BCUT2D eigenvalue weighted by molar-refractivity contribution is 5.01. The van der Waals surface area contributed by atoms with Crippen molar-refractivity contribution >= 4 is 0 Å². The number of aromatic nitrogens is 4. The van der Waals surface area contributed by atoms with Gasteiger partial charge in [0.1, 0.15) is 0 Å². The van der Waals surface area contributed by atoms with Gasteiger partial charge in [-0.25, -0.2) is 4.68 Å². The van der Waals surface area contributed by atoms with Crippen LogP contribution in [0.4, 0.5) is 0 Å². The lowest BCUT2D eigenvalue weighted by Gasteiger charge is -2.34. The molecule has 0 amide bonds. The molecule has 0 aromatic carbocycles. The molecule has 3 rings (SSSR count). The Morgan fingerprint density at radius 3 is 2.38 bits per heavy atom. The lowest BCUT2D eigenvalue weighted by atomic mass is 10.3. The van der Waals surface area contributed by atoms with Gasteiger partial charge < -0.3 is 0 Å². The van der Waals surface area contributed by atoms with Crippen LogP contribution in [-0.4, -0.2) is 62.3 Å². The van der Waals surface area contributed by atoms with Gasteiger partial charge in [-0.3, -0.25) is 24.6 Å². The standard InChI is InChI=1S/C17H24N6O/c1-14-3-4-17(24)23(20-14)10-9-21-5-7-22(8-6-21)13-16-12-18-15(2)11-19-16/h3-4,11-12H,5-10,13H2,1-2H3. The van der Waals surface area contributed by atoms with Gasteiger partial charge in [0.15, 0.2) is 0 Å². The van der Waals surface area contributed by atoms with E-state index in [4.69, 9.17) is 0 Å². The van der Waals surface area contributed by atoms with Gasteiger partial charge in [0.2, 0.25) is 0 Å². The fraction of sp³-hybridized carbons (Fsp3) is 0.529. The van der Waals surface area contributed by atoms with Gasteiger partial charge >= 0.3 is 0 Å². The molecule has 1 aliphatic heterocycles. The number of aryl methyl sites for hydroxylation is 2. The van der Waals surface area contributed by atoms with E-state index >= 15 is 0 Å². The average molecular weight is 328 g/mol. The fourth-order valence-corrected chi connectivity index (χ4v) is 2.85. The molecule has 7 nitrogen and oxygen atoms in total. The minimum Gasteiger partial charge on any atom is -0.299 e. The normalized spacial score (nSPS) is 16.4. The summed E-state index contributed by atoms with van der Waals surface area (Å²) in [6.45, 7) is 10.2. The van der Waals surface area contributed by atoms with Crippen LogP contribution in [0, 0.1) is 13.8 Å². The Morgan fingerprint density at radius 2 is 1.67 bits per heavy atom. The molecule has 24 heavy (non-hydrogen) atoms. The molecule has 0 aliphatic carbocycles. The second kappa shape index (κ2) is 7.63. The second-order valence-corrected chi connectivity index (χ2v) is 6.30. The van der Waals surface area contributed by atoms with E-state index in [9.17, 15) is 4.79 Å². The first-order valence-corrected chi connectivity index (χ1v) is 8.37. The summed E-state index contributed by atoms with van der Waals surface area (Å²) in [7, 11) is 0. The van der Waals surface area contributed by atoms with E-state index in [1.165, 1.54) is 0 Å². The van der Waals surface area contributed by atoms with Crippen LogP contribution in [-0.2, 0) is 13.1 Å². The van der Waals surface area contributed by atoms with E-state index in [1.807, 2.05) is 26.2 Å².